The number of benzene rings is 1. The van der Waals surface area contributed by atoms with Crippen LogP contribution in [0.15, 0.2) is 41.0 Å². The highest BCUT2D eigenvalue weighted by Crippen LogP contribution is 2.33. The van der Waals surface area contributed by atoms with Crippen molar-refractivity contribution in [2.75, 3.05) is 37.9 Å². The normalized spacial score (nSPS) is 16.4. The lowest BCUT2D eigenvalue weighted by atomic mass is 10.1. The summed E-state index contributed by atoms with van der Waals surface area (Å²) in [6, 6.07) is 9.30. The van der Waals surface area contributed by atoms with E-state index in [0.29, 0.717) is 30.2 Å². The third-order valence-corrected chi connectivity index (χ3v) is 4.69. The maximum absolute atomic E-state index is 12.7. The minimum absolute atomic E-state index is 0.0247. The van der Waals surface area contributed by atoms with Crippen molar-refractivity contribution in [1.29, 1.82) is 0 Å². The molecule has 2 aliphatic rings. The average Bonchev–Trinajstić information content (AvgIpc) is 3.09. The Labute approximate surface area is 148 Å². The Morgan fingerprint density at radius 3 is 2.58 bits per heavy atom. The Hall–Kier alpha value is -2.28. The molecule has 0 N–H and O–H groups in total. The van der Waals surface area contributed by atoms with E-state index >= 15 is 0 Å². The molecule has 1 amide bonds. The van der Waals surface area contributed by atoms with Gasteiger partial charge in [0.15, 0.2) is 11.5 Å². The van der Waals surface area contributed by atoms with Crippen molar-refractivity contribution < 1.29 is 14.3 Å². The van der Waals surface area contributed by atoms with Crippen LogP contribution in [0.25, 0.3) is 0 Å². The van der Waals surface area contributed by atoms with Crippen molar-refractivity contribution in [2.45, 2.75) is 0 Å². The number of anilines is 1. The number of hydrogen-bond donors (Lipinski definition) is 0. The third kappa shape index (κ3) is 2.91. The number of ether oxygens (including phenoxy) is 2. The molecule has 1 saturated heterocycles. The summed E-state index contributed by atoms with van der Waals surface area (Å²) in [7, 11) is 0. The summed E-state index contributed by atoms with van der Waals surface area (Å²) in [5.74, 6) is 2.29. The van der Waals surface area contributed by atoms with Gasteiger partial charge in [0.1, 0.15) is 5.82 Å². The minimum Gasteiger partial charge on any atom is -0.454 e. The number of amides is 1. The van der Waals surface area contributed by atoms with Crippen molar-refractivity contribution in [3.8, 4) is 11.5 Å². The molecule has 24 heavy (non-hydrogen) atoms. The fraction of sp³-hybridized carbons (Fsp3) is 0.294. The molecule has 1 fully saturated rings. The van der Waals surface area contributed by atoms with Crippen LogP contribution in [0.5, 0.6) is 11.5 Å². The Kier molecular flexibility index (Phi) is 4.02. The summed E-state index contributed by atoms with van der Waals surface area (Å²) in [6.07, 6.45) is 1.79. The van der Waals surface area contributed by atoms with Gasteiger partial charge in [-0.05, 0) is 46.3 Å². The van der Waals surface area contributed by atoms with Gasteiger partial charge in [-0.2, -0.15) is 0 Å². The van der Waals surface area contributed by atoms with E-state index in [1.807, 2.05) is 17.0 Å². The van der Waals surface area contributed by atoms with E-state index in [-0.39, 0.29) is 12.7 Å². The second-order valence-corrected chi connectivity index (χ2v) is 6.60. The molecule has 6 nitrogen and oxygen atoms in total. The van der Waals surface area contributed by atoms with E-state index < -0.39 is 0 Å². The van der Waals surface area contributed by atoms with Crippen molar-refractivity contribution in [1.82, 2.24) is 9.88 Å². The summed E-state index contributed by atoms with van der Waals surface area (Å²) in [4.78, 5) is 21.1. The van der Waals surface area contributed by atoms with Crippen molar-refractivity contribution >= 4 is 27.7 Å². The van der Waals surface area contributed by atoms with Gasteiger partial charge in [-0.25, -0.2) is 4.98 Å². The number of carbonyl (C=O) groups is 1. The largest absolute Gasteiger partial charge is 0.454 e. The average molecular weight is 390 g/mol. The zero-order chi connectivity index (χ0) is 16.5. The van der Waals surface area contributed by atoms with Gasteiger partial charge >= 0.3 is 0 Å². The number of aromatic nitrogens is 1. The topological polar surface area (TPSA) is 54.9 Å². The fourth-order valence-electron chi connectivity index (χ4n) is 2.91. The second kappa shape index (κ2) is 6.32. The van der Waals surface area contributed by atoms with Crippen molar-refractivity contribution in [3.05, 3.63) is 46.6 Å². The van der Waals surface area contributed by atoms with Crippen LogP contribution in [0.1, 0.15) is 10.4 Å². The Bertz CT molecular complexity index is 758. The van der Waals surface area contributed by atoms with E-state index in [4.69, 9.17) is 9.47 Å². The number of hydrogen-bond acceptors (Lipinski definition) is 5. The van der Waals surface area contributed by atoms with Crippen LogP contribution in [-0.4, -0.2) is 48.8 Å². The summed E-state index contributed by atoms with van der Waals surface area (Å²) in [6.45, 7) is 3.09. The first-order valence-electron chi connectivity index (χ1n) is 7.76. The summed E-state index contributed by atoms with van der Waals surface area (Å²) >= 11 is 3.39. The van der Waals surface area contributed by atoms with Crippen molar-refractivity contribution in [2.24, 2.45) is 0 Å². The monoisotopic (exact) mass is 389 g/mol. The number of pyridine rings is 1. The molecule has 0 bridgehead atoms. The zero-order valence-corrected chi connectivity index (χ0v) is 14.5. The Morgan fingerprint density at radius 1 is 1.04 bits per heavy atom. The lowest BCUT2D eigenvalue weighted by molar-refractivity contribution is 0.0746. The molecule has 124 valence electrons. The van der Waals surface area contributed by atoms with Gasteiger partial charge in [-0.15, -0.1) is 0 Å². The van der Waals surface area contributed by atoms with Crippen LogP contribution in [0.4, 0.5) is 5.82 Å². The highest BCUT2D eigenvalue weighted by atomic mass is 79.9. The van der Waals surface area contributed by atoms with Gasteiger partial charge in [-0.1, -0.05) is 0 Å². The van der Waals surface area contributed by atoms with Crippen LogP contribution in [0.2, 0.25) is 0 Å². The van der Waals surface area contributed by atoms with Crippen LogP contribution in [-0.2, 0) is 0 Å². The number of nitrogens with zero attached hydrogens (tertiary/aromatic N) is 3. The van der Waals surface area contributed by atoms with E-state index in [1.165, 1.54) is 0 Å². The fourth-order valence-corrected chi connectivity index (χ4v) is 3.14. The molecule has 3 heterocycles. The lowest BCUT2D eigenvalue weighted by Crippen LogP contribution is -2.49. The molecule has 0 unspecified atom stereocenters. The van der Waals surface area contributed by atoms with Gasteiger partial charge in [0.05, 0.1) is 0 Å². The molecule has 2 aliphatic heterocycles. The molecule has 4 rings (SSSR count). The smallest absolute Gasteiger partial charge is 0.254 e. The Morgan fingerprint density at radius 2 is 1.83 bits per heavy atom. The predicted molar refractivity (Wildman–Crippen MR) is 92.6 cm³/mol. The molecule has 0 radical (unpaired) electrons. The van der Waals surface area contributed by atoms with Crippen LogP contribution in [0, 0.1) is 0 Å². The number of fused-ring (bicyclic) bond motifs is 1. The second-order valence-electron chi connectivity index (χ2n) is 5.68. The quantitative estimate of drug-likeness (QED) is 0.789. The number of rotatable bonds is 2. The first-order chi connectivity index (χ1) is 11.7. The summed E-state index contributed by atoms with van der Waals surface area (Å²) < 4.78 is 11.6. The van der Waals surface area contributed by atoms with Gasteiger partial charge in [-0.3, -0.25) is 4.79 Å². The van der Waals surface area contributed by atoms with E-state index in [1.54, 1.807) is 24.4 Å². The van der Waals surface area contributed by atoms with E-state index in [0.717, 1.165) is 23.4 Å². The van der Waals surface area contributed by atoms with Crippen LogP contribution >= 0.6 is 15.9 Å². The Balaban J connectivity index is 1.42. The number of halogens is 1. The van der Waals surface area contributed by atoms with Crippen molar-refractivity contribution in [3.63, 3.8) is 0 Å². The van der Waals surface area contributed by atoms with E-state index in [2.05, 4.69) is 25.8 Å². The molecule has 2 aromatic rings. The molecule has 0 aliphatic carbocycles. The molecular formula is C17H16BrN3O3. The zero-order valence-electron chi connectivity index (χ0n) is 12.9. The molecule has 7 heteroatoms. The standard InChI is InChI=1S/C17H16BrN3O3/c18-13-2-4-16(19-10-13)20-5-7-21(8-6-20)17(22)12-1-3-14-15(9-12)24-11-23-14/h1-4,9-10H,5-8,11H2. The SMILES string of the molecule is O=C(c1ccc2c(c1)OCO2)N1CCN(c2ccc(Br)cn2)CC1. The third-order valence-electron chi connectivity index (χ3n) is 4.22. The van der Waals surface area contributed by atoms with Crippen LogP contribution < -0.4 is 14.4 Å². The molecule has 0 spiro atoms. The van der Waals surface area contributed by atoms with Gasteiger partial charge in [0.2, 0.25) is 6.79 Å². The summed E-state index contributed by atoms with van der Waals surface area (Å²) in [5, 5.41) is 0. The molecule has 0 saturated carbocycles. The maximum Gasteiger partial charge on any atom is 0.254 e. The maximum atomic E-state index is 12.7. The molecule has 0 atom stereocenters. The lowest BCUT2D eigenvalue weighted by Gasteiger charge is -2.35. The van der Waals surface area contributed by atoms with Crippen LogP contribution in [0.3, 0.4) is 0 Å². The predicted octanol–water partition coefficient (Wildman–Crippen LogP) is 2.54. The number of carbonyl (C=O) groups excluding carboxylic acids is 1. The number of piperazine rings is 1. The minimum atomic E-state index is 0.0247. The first kappa shape index (κ1) is 15.3. The van der Waals surface area contributed by atoms with Gasteiger partial charge in [0, 0.05) is 42.4 Å². The summed E-state index contributed by atoms with van der Waals surface area (Å²) in [5.41, 5.74) is 0.634. The van der Waals surface area contributed by atoms with E-state index in [9.17, 15) is 4.79 Å². The molecule has 1 aromatic heterocycles. The highest BCUT2D eigenvalue weighted by Gasteiger charge is 2.24. The van der Waals surface area contributed by atoms with Gasteiger partial charge in [0.25, 0.3) is 5.91 Å². The van der Waals surface area contributed by atoms with Gasteiger partial charge < -0.3 is 19.3 Å². The first-order valence-corrected chi connectivity index (χ1v) is 8.55. The highest BCUT2D eigenvalue weighted by molar-refractivity contribution is 9.10. The molecular weight excluding hydrogens is 374 g/mol. The molecule has 1 aromatic carbocycles.